The van der Waals surface area contributed by atoms with Gasteiger partial charge < -0.3 is 14.8 Å². The lowest BCUT2D eigenvalue weighted by Gasteiger charge is -2.10. The van der Waals surface area contributed by atoms with Crippen molar-refractivity contribution in [3.63, 3.8) is 0 Å². The number of ketones is 1. The number of carbonyl (C=O) groups excluding carboxylic acids is 2. The molecule has 0 heterocycles. The summed E-state index contributed by atoms with van der Waals surface area (Å²) < 4.78 is 35.2. The SMILES string of the molecule is COc1ccc(S(=O)(=O)CCC(=O)Nc2cccc(C(C)=O)c2)cc1OC. The molecule has 0 atom stereocenters. The predicted octanol–water partition coefficient (Wildman–Crippen LogP) is 2.71. The molecule has 2 rings (SSSR count). The number of hydrogen-bond donors (Lipinski definition) is 1. The predicted molar refractivity (Wildman–Crippen MR) is 101 cm³/mol. The molecule has 0 spiro atoms. The maximum Gasteiger partial charge on any atom is 0.225 e. The standard InChI is InChI=1S/C19H21NO6S/c1-13(21)14-5-4-6-15(11-14)20-19(22)9-10-27(23,24)16-7-8-17(25-2)18(12-16)26-3/h4-8,11-12H,9-10H2,1-3H3,(H,20,22). The number of amides is 1. The van der Waals surface area contributed by atoms with Crippen LogP contribution in [0.5, 0.6) is 11.5 Å². The van der Waals surface area contributed by atoms with Crippen molar-refractivity contribution in [1.29, 1.82) is 0 Å². The lowest BCUT2D eigenvalue weighted by molar-refractivity contribution is -0.115. The quantitative estimate of drug-likeness (QED) is 0.695. The molecule has 8 heteroatoms. The highest BCUT2D eigenvalue weighted by Crippen LogP contribution is 2.30. The zero-order valence-corrected chi connectivity index (χ0v) is 16.1. The second-order valence-corrected chi connectivity index (χ2v) is 7.88. The largest absolute Gasteiger partial charge is 0.493 e. The van der Waals surface area contributed by atoms with Crippen LogP contribution in [0.3, 0.4) is 0 Å². The number of carbonyl (C=O) groups is 2. The summed E-state index contributed by atoms with van der Waals surface area (Å²) >= 11 is 0. The molecule has 2 aromatic rings. The average Bonchev–Trinajstić information content (AvgIpc) is 2.66. The Labute approximate surface area is 158 Å². The van der Waals surface area contributed by atoms with Crippen molar-refractivity contribution in [2.45, 2.75) is 18.2 Å². The summed E-state index contributed by atoms with van der Waals surface area (Å²) in [5.74, 6) is -0.230. The summed E-state index contributed by atoms with van der Waals surface area (Å²) in [4.78, 5) is 23.5. The molecule has 0 saturated carbocycles. The number of sulfone groups is 1. The summed E-state index contributed by atoms with van der Waals surface area (Å²) in [5.41, 5.74) is 0.905. The van der Waals surface area contributed by atoms with Gasteiger partial charge in [0.15, 0.2) is 27.1 Å². The third-order valence-electron chi connectivity index (χ3n) is 3.86. The maximum absolute atomic E-state index is 12.5. The first-order chi connectivity index (χ1) is 12.8. The Kier molecular flexibility index (Phi) is 6.57. The third kappa shape index (κ3) is 5.30. The first-order valence-corrected chi connectivity index (χ1v) is 9.77. The highest BCUT2D eigenvalue weighted by Gasteiger charge is 2.19. The Hall–Kier alpha value is -2.87. The fourth-order valence-electron chi connectivity index (χ4n) is 2.39. The number of anilines is 1. The summed E-state index contributed by atoms with van der Waals surface area (Å²) in [6.45, 7) is 1.43. The topological polar surface area (TPSA) is 98.8 Å². The van der Waals surface area contributed by atoms with Crippen molar-refractivity contribution in [2.75, 3.05) is 25.3 Å². The van der Waals surface area contributed by atoms with Crippen LogP contribution in [0.15, 0.2) is 47.4 Å². The number of hydrogen-bond acceptors (Lipinski definition) is 6. The van der Waals surface area contributed by atoms with Gasteiger partial charge in [-0.15, -0.1) is 0 Å². The van der Waals surface area contributed by atoms with Gasteiger partial charge >= 0.3 is 0 Å². The zero-order valence-electron chi connectivity index (χ0n) is 15.3. The number of Topliss-reactive ketones (excluding diaryl/α,β-unsaturated/α-hetero) is 1. The lowest BCUT2D eigenvalue weighted by Crippen LogP contribution is -2.17. The lowest BCUT2D eigenvalue weighted by atomic mass is 10.1. The van der Waals surface area contributed by atoms with Crippen LogP contribution in [0.1, 0.15) is 23.7 Å². The Balaban J connectivity index is 2.05. The van der Waals surface area contributed by atoms with Crippen LogP contribution in [-0.4, -0.2) is 40.1 Å². The van der Waals surface area contributed by atoms with E-state index in [1.807, 2.05) is 0 Å². The van der Waals surface area contributed by atoms with E-state index in [4.69, 9.17) is 9.47 Å². The van der Waals surface area contributed by atoms with Gasteiger partial charge in [0.2, 0.25) is 5.91 Å². The van der Waals surface area contributed by atoms with Crippen LogP contribution in [0.2, 0.25) is 0 Å². The second kappa shape index (κ2) is 8.68. The van der Waals surface area contributed by atoms with Crippen LogP contribution in [-0.2, 0) is 14.6 Å². The van der Waals surface area contributed by atoms with Crippen molar-refractivity contribution >= 4 is 27.2 Å². The van der Waals surface area contributed by atoms with Gasteiger partial charge in [0.25, 0.3) is 0 Å². The van der Waals surface area contributed by atoms with Crippen molar-refractivity contribution < 1.29 is 27.5 Å². The minimum absolute atomic E-state index is 0.0477. The summed E-state index contributed by atoms with van der Waals surface area (Å²) in [6, 6.07) is 10.7. The number of benzene rings is 2. The molecule has 0 aliphatic heterocycles. The van der Waals surface area contributed by atoms with E-state index in [-0.39, 0.29) is 22.9 Å². The van der Waals surface area contributed by atoms with Crippen molar-refractivity contribution in [3.05, 3.63) is 48.0 Å². The molecule has 0 aliphatic carbocycles. The van der Waals surface area contributed by atoms with Gasteiger partial charge in [-0.05, 0) is 31.2 Å². The Morgan fingerprint density at radius 2 is 1.70 bits per heavy atom. The molecule has 7 nitrogen and oxygen atoms in total. The van der Waals surface area contributed by atoms with Crippen LogP contribution >= 0.6 is 0 Å². The van der Waals surface area contributed by atoms with Gasteiger partial charge in [-0.25, -0.2) is 8.42 Å². The first-order valence-electron chi connectivity index (χ1n) is 8.12. The van der Waals surface area contributed by atoms with Gasteiger partial charge in [0, 0.05) is 23.7 Å². The van der Waals surface area contributed by atoms with Crippen molar-refractivity contribution in [1.82, 2.24) is 0 Å². The molecule has 2 aromatic carbocycles. The van der Waals surface area contributed by atoms with E-state index >= 15 is 0 Å². The first kappa shape index (κ1) is 20.4. The molecular formula is C19H21NO6S. The normalized spacial score (nSPS) is 10.9. The van der Waals surface area contributed by atoms with E-state index in [9.17, 15) is 18.0 Å². The monoisotopic (exact) mass is 391 g/mol. The number of rotatable bonds is 8. The Bertz CT molecular complexity index is 952. The van der Waals surface area contributed by atoms with Crippen molar-refractivity contribution in [2.24, 2.45) is 0 Å². The molecule has 0 radical (unpaired) electrons. The van der Waals surface area contributed by atoms with Gasteiger partial charge in [-0.3, -0.25) is 9.59 Å². The second-order valence-electron chi connectivity index (χ2n) is 5.77. The number of nitrogens with one attached hydrogen (secondary N) is 1. The molecule has 0 bridgehead atoms. The van der Waals surface area contributed by atoms with E-state index in [0.29, 0.717) is 22.7 Å². The highest BCUT2D eigenvalue weighted by atomic mass is 32.2. The Morgan fingerprint density at radius 3 is 2.33 bits per heavy atom. The zero-order chi connectivity index (χ0) is 20.0. The van der Waals surface area contributed by atoms with Gasteiger partial charge in [0.1, 0.15) is 0 Å². The molecule has 0 saturated heterocycles. The smallest absolute Gasteiger partial charge is 0.225 e. The third-order valence-corrected chi connectivity index (χ3v) is 5.58. The van der Waals surface area contributed by atoms with Crippen molar-refractivity contribution in [3.8, 4) is 11.5 Å². The average molecular weight is 391 g/mol. The fourth-order valence-corrected chi connectivity index (χ4v) is 3.65. The van der Waals surface area contributed by atoms with E-state index in [2.05, 4.69) is 5.32 Å². The number of methoxy groups -OCH3 is 2. The minimum atomic E-state index is -3.68. The highest BCUT2D eigenvalue weighted by molar-refractivity contribution is 7.91. The maximum atomic E-state index is 12.5. The van der Waals surface area contributed by atoms with Crippen LogP contribution in [0.25, 0.3) is 0 Å². The van der Waals surface area contributed by atoms with E-state index < -0.39 is 15.7 Å². The summed E-state index contributed by atoms with van der Waals surface area (Å²) in [7, 11) is -0.808. The fraction of sp³-hybridized carbons (Fsp3) is 0.263. The molecule has 0 unspecified atom stereocenters. The van der Waals surface area contributed by atoms with E-state index in [1.54, 1.807) is 24.3 Å². The molecule has 144 valence electrons. The number of ether oxygens (including phenoxy) is 2. The molecule has 0 aliphatic rings. The molecular weight excluding hydrogens is 370 g/mol. The van der Waals surface area contributed by atoms with Crippen LogP contribution < -0.4 is 14.8 Å². The van der Waals surface area contributed by atoms with Gasteiger partial charge in [-0.2, -0.15) is 0 Å². The molecule has 0 fully saturated rings. The molecule has 1 N–H and O–H groups in total. The van der Waals surface area contributed by atoms with Gasteiger partial charge in [0.05, 0.1) is 24.9 Å². The minimum Gasteiger partial charge on any atom is -0.493 e. The molecule has 0 aromatic heterocycles. The van der Waals surface area contributed by atoms with E-state index in [1.165, 1.54) is 39.3 Å². The van der Waals surface area contributed by atoms with E-state index in [0.717, 1.165) is 0 Å². The Morgan fingerprint density at radius 1 is 1.00 bits per heavy atom. The van der Waals surface area contributed by atoms with Crippen LogP contribution in [0.4, 0.5) is 5.69 Å². The molecule has 1 amide bonds. The molecule has 27 heavy (non-hydrogen) atoms. The summed E-state index contributed by atoms with van der Waals surface area (Å²) in [5, 5.41) is 2.60. The summed E-state index contributed by atoms with van der Waals surface area (Å²) in [6.07, 6.45) is -0.221. The van der Waals surface area contributed by atoms with Crippen LogP contribution in [0, 0.1) is 0 Å². The van der Waals surface area contributed by atoms with Gasteiger partial charge in [-0.1, -0.05) is 12.1 Å².